The maximum absolute atomic E-state index is 15.0. The zero-order chi connectivity index (χ0) is 30.1. The minimum Gasteiger partial charge on any atom is -0.372 e. The van der Waals surface area contributed by atoms with Gasteiger partial charge in [0.2, 0.25) is 5.91 Å². The van der Waals surface area contributed by atoms with Crippen molar-refractivity contribution in [3.05, 3.63) is 86.4 Å². The summed E-state index contributed by atoms with van der Waals surface area (Å²) in [5.41, 5.74) is -0.515. The Morgan fingerprint density at radius 2 is 1.61 bits per heavy atom. The van der Waals surface area contributed by atoms with E-state index in [4.69, 9.17) is 62.7 Å². The molecule has 0 saturated heterocycles. The highest BCUT2D eigenvalue weighted by molar-refractivity contribution is 6.53. The largest absolute Gasteiger partial charge is 0.372 e. The first-order valence-electron chi connectivity index (χ1n) is 11.9. The van der Waals surface area contributed by atoms with Crippen LogP contribution in [0.2, 0.25) is 15.1 Å². The lowest BCUT2D eigenvalue weighted by Crippen LogP contribution is -2.21. The third-order valence-electron chi connectivity index (χ3n) is 6.16. The summed E-state index contributed by atoms with van der Waals surface area (Å²) in [6, 6.07) is 10.7. The Bertz CT molecular complexity index is 1540. The molecule has 3 aromatic carbocycles. The van der Waals surface area contributed by atoms with Crippen LogP contribution in [0.3, 0.4) is 0 Å². The maximum atomic E-state index is 15.0. The van der Waals surface area contributed by atoms with Crippen molar-refractivity contribution in [3.63, 3.8) is 0 Å². The summed E-state index contributed by atoms with van der Waals surface area (Å²) in [5.74, 6) is -5.87. The van der Waals surface area contributed by atoms with Crippen molar-refractivity contribution in [2.24, 2.45) is 5.92 Å². The van der Waals surface area contributed by atoms with Crippen LogP contribution in [0.25, 0.3) is 0 Å². The predicted octanol–water partition coefficient (Wildman–Crippen LogP) is 7.68. The highest BCUT2D eigenvalue weighted by atomic mass is 35.5. The fraction of sp³-hybridized carbons (Fsp3) is 0.222. The molecular formula is C27H20Cl5F2N3O4. The normalized spacial score (nSPS) is 17.1. The third kappa shape index (κ3) is 6.88. The molecule has 0 radical (unpaired) electrons. The molecule has 0 spiro atoms. The molecule has 7 nitrogen and oxygen atoms in total. The summed E-state index contributed by atoms with van der Waals surface area (Å²) in [6.45, 7) is 1.47. The van der Waals surface area contributed by atoms with Crippen LogP contribution in [-0.4, -0.2) is 35.3 Å². The molecule has 1 aliphatic carbocycles. The molecule has 3 aromatic rings. The lowest BCUT2D eigenvalue weighted by Gasteiger charge is -2.13. The number of carbonyl (C=O) groups excluding carboxylic acids is 3. The van der Waals surface area contributed by atoms with Gasteiger partial charge in [0.1, 0.15) is 22.4 Å². The molecule has 0 bridgehead atoms. The van der Waals surface area contributed by atoms with E-state index >= 15 is 0 Å². The van der Waals surface area contributed by atoms with E-state index in [-0.39, 0.29) is 27.9 Å². The van der Waals surface area contributed by atoms with Gasteiger partial charge in [0.15, 0.2) is 5.82 Å². The van der Waals surface area contributed by atoms with Crippen molar-refractivity contribution < 1.29 is 27.9 Å². The molecule has 3 amide bonds. The van der Waals surface area contributed by atoms with Gasteiger partial charge < -0.3 is 20.7 Å². The summed E-state index contributed by atoms with van der Waals surface area (Å²) in [7, 11) is 0. The van der Waals surface area contributed by atoms with Crippen molar-refractivity contribution in [2.75, 3.05) is 29.2 Å². The van der Waals surface area contributed by atoms with E-state index in [2.05, 4.69) is 16.0 Å². The van der Waals surface area contributed by atoms with E-state index in [1.54, 1.807) is 25.1 Å². The van der Waals surface area contributed by atoms with Crippen molar-refractivity contribution >= 4 is 92.8 Å². The zero-order valence-electron chi connectivity index (χ0n) is 21.0. The molecule has 14 heteroatoms. The van der Waals surface area contributed by atoms with E-state index in [1.807, 2.05) is 0 Å². The van der Waals surface area contributed by atoms with Crippen molar-refractivity contribution in [2.45, 2.75) is 17.2 Å². The van der Waals surface area contributed by atoms with Crippen molar-refractivity contribution in [1.82, 2.24) is 0 Å². The number of hydrogen-bond donors (Lipinski definition) is 3. The Morgan fingerprint density at radius 1 is 0.902 bits per heavy atom. The minimum atomic E-state index is -1.41. The second-order valence-corrected chi connectivity index (χ2v) is 11.6. The van der Waals surface area contributed by atoms with Gasteiger partial charge in [0.05, 0.1) is 32.2 Å². The Balaban J connectivity index is 1.49. The summed E-state index contributed by atoms with van der Waals surface area (Å²) in [6.07, 6.45) is 0. The van der Waals surface area contributed by atoms with Crippen LogP contribution in [0, 0.1) is 17.6 Å². The average molecular weight is 666 g/mol. The van der Waals surface area contributed by atoms with Gasteiger partial charge >= 0.3 is 0 Å². The summed E-state index contributed by atoms with van der Waals surface area (Å²) in [4.78, 5) is 37.9. The van der Waals surface area contributed by atoms with Gasteiger partial charge in [-0.3, -0.25) is 14.4 Å². The first-order chi connectivity index (χ1) is 19.3. The second kappa shape index (κ2) is 12.7. The molecule has 1 aliphatic rings. The molecule has 1 saturated carbocycles. The van der Waals surface area contributed by atoms with Gasteiger partial charge in [-0.25, -0.2) is 8.78 Å². The number of rotatable bonds is 9. The van der Waals surface area contributed by atoms with E-state index in [9.17, 15) is 23.2 Å². The smallest absolute Gasteiger partial charge is 0.257 e. The molecule has 1 fully saturated rings. The number of carbonyl (C=O) groups is 3. The number of halogens is 7. The van der Waals surface area contributed by atoms with Gasteiger partial charge in [-0.2, -0.15) is 0 Å². The van der Waals surface area contributed by atoms with E-state index in [0.29, 0.717) is 10.6 Å². The quantitative estimate of drug-likeness (QED) is 0.204. The maximum Gasteiger partial charge on any atom is 0.257 e. The van der Waals surface area contributed by atoms with Gasteiger partial charge in [0.25, 0.3) is 11.8 Å². The standard InChI is InChI=1S/C27H20Cl5F2N3O4/c1-2-41-11-20(38)37-24-18(33)7-8-19(23(24)34)36-25(39)14-10-13(4-6-15(14)28)35-26(40)22-21(27(22,31)32)12-3-5-16(29)17(30)9-12/h3-10,21-22H,2,11H2,1H3,(H,35,40)(H,36,39)(H,37,38)/t21-,22?/m0/s1. The van der Waals surface area contributed by atoms with Gasteiger partial charge in [-0.05, 0) is 55.0 Å². The number of alkyl halides is 2. The Kier molecular flexibility index (Phi) is 9.68. The highest BCUT2D eigenvalue weighted by Gasteiger charge is 2.67. The number of benzene rings is 3. The van der Waals surface area contributed by atoms with Crippen LogP contribution in [0.1, 0.15) is 28.8 Å². The zero-order valence-corrected chi connectivity index (χ0v) is 24.7. The molecule has 4 rings (SSSR count). The highest BCUT2D eigenvalue weighted by Crippen LogP contribution is 2.65. The number of anilines is 3. The topological polar surface area (TPSA) is 96.5 Å². The number of nitrogens with one attached hydrogen (secondary N) is 3. The van der Waals surface area contributed by atoms with Crippen molar-refractivity contribution in [1.29, 1.82) is 0 Å². The van der Waals surface area contributed by atoms with E-state index < -0.39 is 63.5 Å². The minimum absolute atomic E-state index is 0.0163. The summed E-state index contributed by atoms with van der Waals surface area (Å²) >= 11 is 31.1. The monoisotopic (exact) mass is 663 g/mol. The van der Waals surface area contributed by atoms with Crippen LogP contribution < -0.4 is 16.0 Å². The molecule has 0 heterocycles. The number of amides is 3. The fourth-order valence-electron chi connectivity index (χ4n) is 4.09. The van der Waals surface area contributed by atoms with Gasteiger partial charge in [0, 0.05) is 18.2 Å². The van der Waals surface area contributed by atoms with Gasteiger partial charge in [-0.1, -0.05) is 40.9 Å². The fourth-order valence-corrected chi connectivity index (χ4v) is 5.43. The van der Waals surface area contributed by atoms with E-state index in [1.165, 1.54) is 18.2 Å². The second-order valence-electron chi connectivity index (χ2n) is 8.91. The summed E-state index contributed by atoms with van der Waals surface area (Å²) in [5, 5.41) is 7.62. The molecule has 2 atom stereocenters. The molecule has 41 heavy (non-hydrogen) atoms. The Labute approximate surface area is 258 Å². The molecule has 1 unspecified atom stereocenters. The average Bonchev–Trinajstić information content (AvgIpc) is 3.51. The Morgan fingerprint density at radius 3 is 2.29 bits per heavy atom. The van der Waals surface area contributed by atoms with Gasteiger partial charge in [-0.15, -0.1) is 23.2 Å². The van der Waals surface area contributed by atoms with Crippen LogP contribution in [-0.2, 0) is 14.3 Å². The van der Waals surface area contributed by atoms with Crippen LogP contribution in [0.4, 0.5) is 25.8 Å². The van der Waals surface area contributed by atoms with Crippen LogP contribution >= 0.6 is 58.0 Å². The molecule has 0 aliphatic heterocycles. The molecule has 3 N–H and O–H groups in total. The SMILES string of the molecule is CCOCC(=O)Nc1c(F)ccc(NC(=O)c2cc(NC(=O)C3[C@H](c4ccc(Cl)c(Cl)c4)C3(Cl)Cl)ccc2Cl)c1F. The Hall–Kier alpha value is -2.66. The van der Waals surface area contributed by atoms with Crippen molar-refractivity contribution in [3.8, 4) is 0 Å². The molecule has 216 valence electrons. The summed E-state index contributed by atoms with van der Waals surface area (Å²) < 4.78 is 32.7. The van der Waals surface area contributed by atoms with Crippen LogP contribution in [0.5, 0.6) is 0 Å². The molecular weight excluding hydrogens is 646 g/mol. The lowest BCUT2D eigenvalue weighted by molar-refractivity contribution is -0.120. The van der Waals surface area contributed by atoms with E-state index in [0.717, 1.165) is 12.1 Å². The number of ether oxygens (including phenoxy) is 1. The lowest BCUT2D eigenvalue weighted by atomic mass is 10.1. The molecule has 0 aromatic heterocycles. The third-order valence-corrected chi connectivity index (χ3v) is 8.17. The first-order valence-corrected chi connectivity index (χ1v) is 13.8. The first kappa shape index (κ1) is 31.3. The number of hydrogen-bond acceptors (Lipinski definition) is 4. The predicted molar refractivity (Wildman–Crippen MR) is 157 cm³/mol. The van der Waals surface area contributed by atoms with Crippen LogP contribution in [0.15, 0.2) is 48.5 Å².